The molecule has 0 unspecified atom stereocenters. The van der Waals surface area contributed by atoms with Crippen molar-refractivity contribution in [2.24, 2.45) is 5.73 Å². The Morgan fingerprint density at radius 3 is 2.27 bits per heavy atom. The number of ether oxygens (including phenoxy) is 2. The molecule has 7 heteroatoms. The van der Waals surface area contributed by atoms with E-state index in [1.165, 1.54) is 0 Å². The molecule has 4 aromatic rings. The molecule has 0 saturated heterocycles. The third-order valence-electron chi connectivity index (χ3n) is 4.72. The van der Waals surface area contributed by atoms with Crippen molar-refractivity contribution in [3.63, 3.8) is 0 Å². The van der Waals surface area contributed by atoms with E-state index in [-0.39, 0.29) is 0 Å². The molecule has 1 amide bonds. The van der Waals surface area contributed by atoms with Gasteiger partial charge in [-0.1, -0.05) is 18.2 Å². The molecule has 30 heavy (non-hydrogen) atoms. The van der Waals surface area contributed by atoms with Crippen LogP contribution in [0.15, 0.2) is 72.9 Å². The Labute approximate surface area is 173 Å². The molecule has 0 bridgehead atoms. The Morgan fingerprint density at radius 2 is 1.63 bits per heavy atom. The van der Waals surface area contributed by atoms with Gasteiger partial charge in [0.25, 0.3) is 0 Å². The van der Waals surface area contributed by atoms with Gasteiger partial charge >= 0.3 is 0 Å². The number of nitrogens with zero attached hydrogens (tertiary/aromatic N) is 3. The van der Waals surface area contributed by atoms with Gasteiger partial charge in [0.1, 0.15) is 0 Å². The number of carbonyl (C=O) groups excluding carboxylic acids is 1. The number of aromatic nitrogens is 3. The summed E-state index contributed by atoms with van der Waals surface area (Å²) in [6.07, 6.45) is 1.72. The molecule has 0 aliphatic heterocycles. The summed E-state index contributed by atoms with van der Waals surface area (Å²) in [5.74, 6) is 1.48. The lowest BCUT2D eigenvalue weighted by molar-refractivity contribution is 0.100. The molecule has 4 rings (SSSR count). The molecule has 0 aliphatic carbocycles. The number of pyridine rings is 1. The molecule has 0 fully saturated rings. The summed E-state index contributed by atoms with van der Waals surface area (Å²) < 4.78 is 12.6. The van der Waals surface area contributed by atoms with E-state index < -0.39 is 5.91 Å². The van der Waals surface area contributed by atoms with Gasteiger partial charge in [0, 0.05) is 22.9 Å². The molecule has 150 valence electrons. The number of hydrogen-bond donors (Lipinski definition) is 1. The van der Waals surface area contributed by atoms with Crippen LogP contribution in [0.5, 0.6) is 11.5 Å². The first-order valence-electron chi connectivity index (χ1n) is 9.25. The van der Waals surface area contributed by atoms with Crippen LogP contribution in [0.25, 0.3) is 28.3 Å². The number of nitrogens with two attached hydrogens (primary N) is 1. The molecule has 0 atom stereocenters. The summed E-state index contributed by atoms with van der Waals surface area (Å²) >= 11 is 0. The first-order chi connectivity index (χ1) is 14.6. The standard InChI is InChI=1S/C23H20N4O3/c1-29-20-11-10-17(13-21(20)30-2)19-14-18(15-6-8-16(9-7-15)23(24)28)26-27(19)22-5-3-4-12-25-22/h3-14H,1-2H3,(H2,24,28). The van der Waals surface area contributed by atoms with Crippen molar-refractivity contribution in [3.8, 4) is 39.8 Å². The predicted octanol–water partition coefficient (Wildman–Crippen LogP) is 3.72. The van der Waals surface area contributed by atoms with Crippen molar-refractivity contribution in [1.29, 1.82) is 0 Å². The van der Waals surface area contributed by atoms with Gasteiger partial charge in [0.15, 0.2) is 17.3 Å². The summed E-state index contributed by atoms with van der Waals surface area (Å²) in [7, 11) is 3.20. The highest BCUT2D eigenvalue weighted by Gasteiger charge is 2.16. The quantitative estimate of drug-likeness (QED) is 0.533. The molecular weight excluding hydrogens is 380 g/mol. The fourth-order valence-corrected chi connectivity index (χ4v) is 3.18. The Bertz CT molecular complexity index is 1190. The third kappa shape index (κ3) is 3.60. The van der Waals surface area contributed by atoms with E-state index in [1.807, 2.05) is 54.6 Å². The molecule has 0 saturated carbocycles. The van der Waals surface area contributed by atoms with Crippen LogP contribution >= 0.6 is 0 Å². The number of benzene rings is 2. The second-order valence-electron chi connectivity index (χ2n) is 6.53. The minimum atomic E-state index is -0.466. The van der Waals surface area contributed by atoms with Gasteiger partial charge in [-0.05, 0) is 48.5 Å². The van der Waals surface area contributed by atoms with Crippen LogP contribution in [-0.2, 0) is 0 Å². The SMILES string of the molecule is COc1ccc(-c2cc(-c3ccc(C(N)=O)cc3)nn2-c2ccccn2)cc1OC. The highest BCUT2D eigenvalue weighted by Crippen LogP contribution is 2.34. The van der Waals surface area contributed by atoms with Crippen LogP contribution in [0.2, 0.25) is 0 Å². The number of carbonyl (C=O) groups is 1. The van der Waals surface area contributed by atoms with Crippen molar-refractivity contribution in [1.82, 2.24) is 14.8 Å². The molecule has 2 aromatic heterocycles. The van der Waals surface area contributed by atoms with E-state index in [9.17, 15) is 4.79 Å². The van der Waals surface area contributed by atoms with Crippen LogP contribution in [0.3, 0.4) is 0 Å². The number of methoxy groups -OCH3 is 2. The molecular formula is C23H20N4O3. The molecule has 0 radical (unpaired) electrons. The van der Waals surface area contributed by atoms with E-state index in [2.05, 4.69) is 4.98 Å². The third-order valence-corrected chi connectivity index (χ3v) is 4.72. The van der Waals surface area contributed by atoms with Crippen LogP contribution in [-0.4, -0.2) is 34.9 Å². The lowest BCUT2D eigenvalue weighted by atomic mass is 10.1. The van der Waals surface area contributed by atoms with E-state index in [1.54, 1.807) is 37.2 Å². The van der Waals surface area contributed by atoms with E-state index in [0.717, 1.165) is 22.5 Å². The molecule has 2 N–H and O–H groups in total. The summed E-state index contributed by atoms with van der Waals surface area (Å²) in [5, 5.41) is 4.77. The second-order valence-corrected chi connectivity index (χ2v) is 6.53. The van der Waals surface area contributed by atoms with Gasteiger partial charge in [-0.25, -0.2) is 9.67 Å². The van der Waals surface area contributed by atoms with Gasteiger partial charge in [-0.3, -0.25) is 4.79 Å². The second kappa shape index (κ2) is 8.08. The minimum Gasteiger partial charge on any atom is -0.493 e. The van der Waals surface area contributed by atoms with E-state index >= 15 is 0 Å². The number of rotatable bonds is 6. The van der Waals surface area contributed by atoms with Gasteiger partial charge in [-0.2, -0.15) is 5.10 Å². The number of hydrogen-bond acceptors (Lipinski definition) is 5. The Hall–Kier alpha value is -4.13. The van der Waals surface area contributed by atoms with Crippen LogP contribution in [0, 0.1) is 0 Å². The summed E-state index contributed by atoms with van der Waals surface area (Å²) in [6, 6.07) is 20.3. The van der Waals surface area contributed by atoms with Gasteiger partial charge in [0.2, 0.25) is 5.91 Å². The monoisotopic (exact) mass is 400 g/mol. The Balaban J connectivity index is 1.86. The highest BCUT2D eigenvalue weighted by atomic mass is 16.5. The zero-order valence-electron chi connectivity index (χ0n) is 16.6. The summed E-state index contributed by atoms with van der Waals surface area (Å²) in [4.78, 5) is 15.8. The first kappa shape index (κ1) is 19.2. The Kier molecular flexibility index (Phi) is 5.17. The van der Waals surface area contributed by atoms with Gasteiger partial charge in [-0.15, -0.1) is 0 Å². The predicted molar refractivity (Wildman–Crippen MR) is 114 cm³/mol. The average molecular weight is 400 g/mol. The zero-order chi connectivity index (χ0) is 21.1. The Morgan fingerprint density at radius 1 is 0.900 bits per heavy atom. The van der Waals surface area contributed by atoms with Crippen LogP contribution in [0.4, 0.5) is 0 Å². The number of primary amides is 1. The molecule has 0 spiro atoms. The van der Waals surface area contributed by atoms with Crippen LogP contribution < -0.4 is 15.2 Å². The fraction of sp³-hybridized carbons (Fsp3) is 0.0870. The van der Waals surface area contributed by atoms with Gasteiger partial charge in [0.05, 0.1) is 25.6 Å². The van der Waals surface area contributed by atoms with Crippen LogP contribution in [0.1, 0.15) is 10.4 Å². The molecule has 0 aliphatic rings. The van der Waals surface area contributed by atoms with E-state index in [4.69, 9.17) is 20.3 Å². The van der Waals surface area contributed by atoms with Gasteiger partial charge < -0.3 is 15.2 Å². The lowest BCUT2D eigenvalue weighted by Crippen LogP contribution is -2.10. The van der Waals surface area contributed by atoms with E-state index in [0.29, 0.717) is 22.9 Å². The molecule has 2 heterocycles. The molecule has 2 aromatic carbocycles. The normalized spacial score (nSPS) is 10.6. The van der Waals surface area contributed by atoms with Crippen molar-refractivity contribution < 1.29 is 14.3 Å². The smallest absolute Gasteiger partial charge is 0.248 e. The number of amides is 1. The largest absolute Gasteiger partial charge is 0.493 e. The topological polar surface area (TPSA) is 92.3 Å². The maximum absolute atomic E-state index is 11.4. The van der Waals surface area contributed by atoms with Crippen molar-refractivity contribution in [2.75, 3.05) is 14.2 Å². The highest BCUT2D eigenvalue weighted by molar-refractivity contribution is 5.93. The first-order valence-corrected chi connectivity index (χ1v) is 9.25. The van der Waals surface area contributed by atoms with Crippen molar-refractivity contribution >= 4 is 5.91 Å². The molecule has 7 nitrogen and oxygen atoms in total. The maximum Gasteiger partial charge on any atom is 0.248 e. The maximum atomic E-state index is 11.4. The minimum absolute atomic E-state index is 0.447. The zero-order valence-corrected chi connectivity index (χ0v) is 16.6. The average Bonchev–Trinajstić information content (AvgIpc) is 3.24. The fourth-order valence-electron chi connectivity index (χ4n) is 3.18. The van der Waals surface area contributed by atoms with Crippen molar-refractivity contribution in [3.05, 3.63) is 78.5 Å². The van der Waals surface area contributed by atoms with Crippen molar-refractivity contribution in [2.45, 2.75) is 0 Å². The summed E-state index contributed by atoms with van der Waals surface area (Å²) in [6.45, 7) is 0. The summed E-state index contributed by atoms with van der Waals surface area (Å²) in [5.41, 5.74) is 9.12. The lowest BCUT2D eigenvalue weighted by Gasteiger charge is -2.11.